The highest BCUT2D eigenvalue weighted by Crippen LogP contribution is 2.35. The first-order chi connectivity index (χ1) is 11.2. The Morgan fingerprint density at radius 2 is 2.22 bits per heavy atom. The van der Waals surface area contributed by atoms with Crippen molar-refractivity contribution in [3.05, 3.63) is 29.8 Å². The molecule has 5 nitrogen and oxygen atoms in total. The number of carbonyl (C=O) groups is 2. The average Bonchev–Trinajstić information content (AvgIpc) is 2.97. The Bertz CT molecular complexity index is 579. The molecule has 1 aromatic rings. The Balaban J connectivity index is 1.41. The van der Waals surface area contributed by atoms with Gasteiger partial charge in [-0.2, -0.15) is 0 Å². The summed E-state index contributed by atoms with van der Waals surface area (Å²) in [5, 5.41) is 5.97. The second kappa shape index (κ2) is 7.73. The highest BCUT2D eigenvalue weighted by Gasteiger charge is 2.22. The van der Waals surface area contributed by atoms with Crippen molar-refractivity contribution in [1.82, 2.24) is 15.5 Å². The molecule has 0 radical (unpaired) electrons. The topological polar surface area (TPSA) is 61.4 Å². The average molecular weight is 333 g/mol. The van der Waals surface area contributed by atoms with Gasteiger partial charge in [0.05, 0.1) is 6.04 Å². The number of nitrogens with zero attached hydrogens (tertiary/aromatic N) is 1. The molecule has 1 atom stereocenters. The molecule has 0 saturated carbocycles. The first kappa shape index (κ1) is 16.2. The lowest BCUT2D eigenvalue weighted by Crippen LogP contribution is -2.40. The normalized spacial score (nSPS) is 20.3. The number of likely N-dealkylation sites (tertiary alicyclic amines) is 1. The highest BCUT2D eigenvalue weighted by molar-refractivity contribution is 7.99. The van der Waals surface area contributed by atoms with E-state index in [4.69, 9.17) is 0 Å². The van der Waals surface area contributed by atoms with Crippen LogP contribution in [0, 0.1) is 0 Å². The summed E-state index contributed by atoms with van der Waals surface area (Å²) in [4.78, 5) is 26.7. The summed E-state index contributed by atoms with van der Waals surface area (Å²) in [5.41, 5.74) is 1.21. The summed E-state index contributed by atoms with van der Waals surface area (Å²) in [5.74, 6) is 1.27. The van der Waals surface area contributed by atoms with E-state index in [1.807, 2.05) is 28.8 Å². The summed E-state index contributed by atoms with van der Waals surface area (Å²) < 4.78 is 0. The quantitative estimate of drug-likeness (QED) is 0.814. The molecule has 1 fully saturated rings. The maximum absolute atomic E-state index is 12.1. The van der Waals surface area contributed by atoms with Crippen LogP contribution < -0.4 is 10.6 Å². The largest absolute Gasteiger partial charge is 0.343 e. The summed E-state index contributed by atoms with van der Waals surface area (Å²) in [6.45, 7) is 2.20. The molecule has 23 heavy (non-hydrogen) atoms. The zero-order valence-electron chi connectivity index (χ0n) is 13.2. The Morgan fingerprint density at radius 3 is 3.04 bits per heavy atom. The molecular formula is C17H23N3O2S. The maximum atomic E-state index is 12.1. The van der Waals surface area contributed by atoms with Crippen LogP contribution in [-0.4, -0.2) is 42.2 Å². The lowest BCUT2D eigenvalue weighted by molar-refractivity contribution is -0.127. The van der Waals surface area contributed by atoms with Gasteiger partial charge < -0.3 is 15.5 Å². The summed E-state index contributed by atoms with van der Waals surface area (Å²) >= 11 is 1.85. The van der Waals surface area contributed by atoms with Gasteiger partial charge in [0.15, 0.2) is 0 Å². The molecule has 1 saturated heterocycles. The Hall–Kier alpha value is -1.69. The van der Waals surface area contributed by atoms with Crippen LogP contribution >= 0.6 is 11.8 Å². The third-order valence-electron chi connectivity index (χ3n) is 4.33. The predicted molar refractivity (Wildman–Crippen MR) is 91.5 cm³/mol. The zero-order valence-corrected chi connectivity index (χ0v) is 14.0. The Kier molecular flexibility index (Phi) is 5.43. The van der Waals surface area contributed by atoms with Gasteiger partial charge in [0.2, 0.25) is 5.91 Å². The summed E-state index contributed by atoms with van der Waals surface area (Å²) in [7, 11) is 0. The number of carbonyl (C=O) groups excluding carboxylic acids is 2. The molecule has 0 unspecified atom stereocenters. The van der Waals surface area contributed by atoms with E-state index in [1.165, 1.54) is 10.5 Å². The van der Waals surface area contributed by atoms with E-state index in [2.05, 4.69) is 22.8 Å². The Labute approximate surface area is 141 Å². The van der Waals surface area contributed by atoms with Crippen molar-refractivity contribution in [3.8, 4) is 0 Å². The maximum Gasteiger partial charge on any atom is 0.315 e. The predicted octanol–water partition coefficient (Wildman–Crippen LogP) is 2.54. The standard InChI is InChI=1S/C17H23N3O2S/c21-16-7-3-10-20(16)11-4-9-18-17(22)19-14-8-12-23-15-6-2-1-5-13(14)15/h1-2,5-6,14H,3-4,7-12H2,(H2,18,19,22)/t14-/m0/s1. The fourth-order valence-corrected chi connectivity index (χ4v) is 4.24. The second-order valence-electron chi connectivity index (χ2n) is 5.97. The molecule has 1 aromatic carbocycles. The number of nitrogens with one attached hydrogen (secondary N) is 2. The van der Waals surface area contributed by atoms with E-state index < -0.39 is 0 Å². The van der Waals surface area contributed by atoms with Crippen LogP contribution in [0.5, 0.6) is 0 Å². The number of amides is 3. The molecule has 0 bridgehead atoms. The van der Waals surface area contributed by atoms with Crippen molar-refractivity contribution in [2.45, 2.75) is 36.6 Å². The van der Waals surface area contributed by atoms with E-state index in [0.29, 0.717) is 13.0 Å². The number of fused-ring (bicyclic) bond motifs is 1. The third kappa shape index (κ3) is 4.19. The van der Waals surface area contributed by atoms with Crippen molar-refractivity contribution in [2.75, 3.05) is 25.4 Å². The van der Waals surface area contributed by atoms with Gasteiger partial charge in [0, 0.05) is 36.7 Å². The van der Waals surface area contributed by atoms with Crippen molar-refractivity contribution >= 4 is 23.7 Å². The molecule has 0 aromatic heterocycles. The SMILES string of the molecule is O=C(NCCCN1CCCC1=O)N[C@H]1CCSc2ccccc21. The van der Waals surface area contributed by atoms with Gasteiger partial charge in [0.1, 0.15) is 0 Å². The molecule has 2 N–H and O–H groups in total. The third-order valence-corrected chi connectivity index (χ3v) is 5.45. The first-order valence-corrected chi connectivity index (χ1v) is 9.26. The number of benzene rings is 1. The van der Waals surface area contributed by atoms with Crippen LogP contribution in [0.25, 0.3) is 0 Å². The van der Waals surface area contributed by atoms with E-state index in [1.54, 1.807) is 0 Å². The molecule has 2 heterocycles. The van der Waals surface area contributed by atoms with Crippen LogP contribution in [-0.2, 0) is 4.79 Å². The monoisotopic (exact) mass is 333 g/mol. The van der Waals surface area contributed by atoms with Gasteiger partial charge in [-0.05, 0) is 30.9 Å². The number of rotatable bonds is 5. The van der Waals surface area contributed by atoms with Gasteiger partial charge >= 0.3 is 6.03 Å². The van der Waals surface area contributed by atoms with Crippen molar-refractivity contribution in [2.24, 2.45) is 0 Å². The number of hydrogen-bond acceptors (Lipinski definition) is 3. The van der Waals surface area contributed by atoms with Crippen molar-refractivity contribution < 1.29 is 9.59 Å². The highest BCUT2D eigenvalue weighted by atomic mass is 32.2. The molecule has 0 aliphatic carbocycles. The molecule has 2 aliphatic rings. The Morgan fingerprint density at radius 1 is 1.35 bits per heavy atom. The van der Waals surface area contributed by atoms with Gasteiger partial charge in [-0.1, -0.05) is 18.2 Å². The van der Waals surface area contributed by atoms with Crippen LogP contribution in [0.2, 0.25) is 0 Å². The molecule has 3 amide bonds. The van der Waals surface area contributed by atoms with Crippen molar-refractivity contribution in [1.29, 1.82) is 0 Å². The van der Waals surface area contributed by atoms with E-state index in [9.17, 15) is 9.59 Å². The second-order valence-corrected chi connectivity index (χ2v) is 7.10. The van der Waals surface area contributed by atoms with E-state index >= 15 is 0 Å². The van der Waals surface area contributed by atoms with Crippen molar-refractivity contribution in [3.63, 3.8) is 0 Å². The lowest BCUT2D eigenvalue weighted by atomic mass is 10.0. The molecule has 6 heteroatoms. The fourth-order valence-electron chi connectivity index (χ4n) is 3.11. The lowest BCUT2D eigenvalue weighted by Gasteiger charge is -2.26. The fraction of sp³-hybridized carbons (Fsp3) is 0.529. The minimum Gasteiger partial charge on any atom is -0.343 e. The summed E-state index contributed by atoms with van der Waals surface area (Å²) in [6.07, 6.45) is 3.40. The van der Waals surface area contributed by atoms with Gasteiger partial charge in [-0.3, -0.25) is 4.79 Å². The van der Waals surface area contributed by atoms with Crippen LogP contribution in [0.15, 0.2) is 29.2 Å². The molecule has 2 aliphatic heterocycles. The zero-order chi connectivity index (χ0) is 16.1. The summed E-state index contributed by atoms with van der Waals surface area (Å²) in [6, 6.07) is 8.22. The molecular weight excluding hydrogens is 310 g/mol. The van der Waals surface area contributed by atoms with Gasteiger partial charge in [-0.15, -0.1) is 11.8 Å². The molecule has 3 rings (SSSR count). The van der Waals surface area contributed by atoms with Crippen LogP contribution in [0.1, 0.15) is 37.3 Å². The minimum atomic E-state index is -0.121. The molecule has 0 spiro atoms. The van der Waals surface area contributed by atoms with Crippen LogP contribution in [0.3, 0.4) is 0 Å². The van der Waals surface area contributed by atoms with E-state index in [0.717, 1.165) is 38.1 Å². The smallest absolute Gasteiger partial charge is 0.315 e. The minimum absolute atomic E-state index is 0.0904. The van der Waals surface area contributed by atoms with E-state index in [-0.39, 0.29) is 18.0 Å². The first-order valence-electron chi connectivity index (χ1n) is 8.28. The van der Waals surface area contributed by atoms with Crippen LogP contribution in [0.4, 0.5) is 4.79 Å². The number of urea groups is 1. The number of hydrogen-bond donors (Lipinski definition) is 2. The van der Waals surface area contributed by atoms with Gasteiger partial charge in [-0.25, -0.2) is 4.79 Å². The van der Waals surface area contributed by atoms with Gasteiger partial charge in [0.25, 0.3) is 0 Å². The molecule has 124 valence electrons. The number of thioether (sulfide) groups is 1.